The molecule has 0 spiro atoms. The molecule has 1 unspecified atom stereocenters. The number of nitrogens with one attached hydrogen (secondary N) is 1. The van der Waals surface area contributed by atoms with Gasteiger partial charge in [0.25, 0.3) is 5.91 Å². The number of carboxylic acids is 1. The van der Waals surface area contributed by atoms with Crippen LogP contribution in [0.3, 0.4) is 0 Å². The maximum Gasteiger partial charge on any atom is 0.308 e. The highest BCUT2D eigenvalue weighted by molar-refractivity contribution is 5.97. The Balaban J connectivity index is 2.07. The van der Waals surface area contributed by atoms with E-state index in [1.54, 1.807) is 18.2 Å². The van der Waals surface area contributed by atoms with Crippen molar-refractivity contribution < 1.29 is 24.2 Å². The molecule has 0 bridgehead atoms. The average molecular weight is 357 g/mol. The monoisotopic (exact) mass is 357 g/mol. The normalized spacial score (nSPS) is 11.5. The highest BCUT2D eigenvalue weighted by atomic mass is 16.5. The van der Waals surface area contributed by atoms with Gasteiger partial charge in [-0.05, 0) is 31.0 Å². The zero-order valence-corrected chi connectivity index (χ0v) is 15.1. The molecule has 6 nitrogen and oxygen atoms in total. The van der Waals surface area contributed by atoms with Crippen LogP contribution in [0.15, 0.2) is 42.5 Å². The van der Waals surface area contributed by atoms with Gasteiger partial charge in [0.15, 0.2) is 0 Å². The first-order valence-electron chi connectivity index (χ1n) is 8.23. The molecule has 138 valence electrons. The number of carbonyl (C=O) groups is 2. The van der Waals surface area contributed by atoms with Crippen molar-refractivity contribution in [2.24, 2.45) is 5.92 Å². The lowest BCUT2D eigenvalue weighted by Crippen LogP contribution is -2.34. The second-order valence-corrected chi connectivity index (χ2v) is 6.00. The molecule has 0 aliphatic rings. The first-order chi connectivity index (χ1) is 12.4. The van der Waals surface area contributed by atoms with Crippen LogP contribution in [-0.2, 0) is 11.2 Å². The molecule has 2 N–H and O–H groups in total. The topological polar surface area (TPSA) is 84.9 Å². The molecule has 2 aromatic carbocycles. The number of carboxylic acid groups (broad SMARTS) is 1. The highest BCUT2D eigenvalue weighted by Gasteiger charge is 2.21. The summed E-state index contributed by atoms with van der Waals surface area (Å²) < 4.78 is 10.3. The maximum atomic E-state index is 12.4. The first-order valence-corrected chi connectivity index (χ1v) is 8.23. The van der Waals surface area contributed by atoms with Crippen molar-refractivity contribution >= 4 is 11.9 Å². The van der Waals surface area contributed by atoms with Gasteiger partial charge >= 0.3 is 5.97 Å². The number of methoxy groups -OCH3 is 2. The summed E-state index contributed by atoms with van der Waals surface area (Å²) in [6.07, 6.45) is 0.344. The Morgan fingerprint density at radius 2 is 1.88 bits per heavy atom. The fraction of sp³-hybridized carbons (Fsp3) is 0.300. The van der Waals surface area contributed by atoms with Crippen LogP contribution in [0.2, 0.25) is 0 Å². The van der Waals surface area contributed by atoms with Gasteiger partial charge in [-0.1, -0.05) is 29.8 Å². The van der Waals surface area contributed by atoms with Gasteiger partial charge < -0.3 is 19.9 Å². The summed E-state index contributed by atoms with van der Waals surface area (Å²) in [4.78, 5) is 24.0. The van der Waals surface area contributed by atoms with Gasteiger partial charge in [0, 0.05) is 12.6 Å². The van der Waals surface area contributed by atoms with Crippen molar-refractivity contribution in [2.75, 3.05) is 20.8 Å². The summed E-state index contributed by atoms with van der Waals surface area (Å²) in [7, 11) is 2.99. The Kier molecular flexibility index (Phi) is 6.60. The molecule has 2 rings (SSSR count). The molecule has 0 aliphatic carbocycles. The summed E-state index contributed by atoms with van der Waals surface area (Å²) in [6.45, 7) is 1.98. The van der Waals surface area contributed by atoms with E-state index in [-0.39, 0.29) is 12.5 Å². The summed E-state index contributed by atoms with van der Waals surface area (Å²) in [5.74, 6) is -1.12. The van der Waals surface area contributed by atoms with Gasteiger partial charge in [0.05, 0.1) is 25.7 Å². The van der Waals surface area contributed by atoms with E-state index in [0.29, 0.717) is 23.5 Å². The van der Waals surface area contributed by atoms with E-state index >= 15 is 0 Å². The lowest BCUT2D eigenvalue weighted by atomic mass is 9.98. The first kappa shape index (κ1) is 19.3. The lowest BCUT2D eigenvalue weighted by molar-refractivity contribution is -0.141. The van der Waals surface area contributed by atoms with Crippen LogP contribution in [0.4, 0.5) is 0 Å². The molecule has 1 atom stereocenters. The minimum Gasteiger partial charge on any atom is -0.497 e. The number of hydrogen-bond donors (Lipinski definition) is 2. The molecular weight excluding hydrogens is 334 g/mol. The number of ether oxygens (including phenoxy) is 2. The smallest absolute Gasteiger partial charge is 0.308 e. The molecule has 0 aliphatic heterocycles. The van der Waals surface area contributed by atoms with E-state index < -0.39 is 11.9 Å². The second kappa shape index (κ2) is 8.89. The molecule has 0 heterocycles. The van der Waals surface area contributed by atoms with Gasteiger partial charge in [-0.2, -0.15) is 0 Å². The number of aryl methyl sites for hydroxylation is 1. The van der Waals surface area contributed by atoms with Crippen LogP contribution in [-0.4, -0.2) is 37.7 Å². The maximum absolute atomic E-state index is 12.4. The van der Waals surface area contributed by atoms with Crippen molar-refractivity contribution in [3.8, 4) is 11.5 Å². The number of hydrogen-bond acceptors (Lipinski definition) is 4. The van der Waals surface area contributed by atoms with E-state index in [4.69, 9.17) is 9.47 Å². The predicted octanol–water partition coefficient (Wildman–Crippen LogP) is 2.69. The van der Waals surface area contributed by atoms with E-state index in [0.717, 1.165) is 11.1 Å². The Bertz CT molecular complexity index is 788. The van der Waals surface area contributed by atoms with Gasteiger partial charge in [-0.15, -0.1) is 0 Å². The molecule has 2 aromatic rings. The molecule has 1 amide bonds. The van der Waals surface area contributed by atoms with Crippen LogP contribution >= 0.6 is 0 Å². The quantitative estimate of drug-likeness (QED) is 0.759. The summed E-state index contributed by atoms with van der Waals surface area (Å²) >= 11 is 0. The summed E-state index contributed by atoms with van der Waals surface area (Å²) in [6, 6.07) is 12.5. The van der Waals surface area contributed by atoms with Gasteiger partial charge in [-0.25, -0.2) is 0 Å². The molecule has 0 aromatic heterocycles. The Hall–Kier alpha value is -3.02. The zero-order chi connectivity index (χ0) is 19.1. The highest BCUT2D eigenvalue weighted by Crippen LogP contribution is 2.24. The van der Waals surface area contributed by atoms with E-state index in [9.17, 15) is 14.7 Å². The minimum absolute atomic E-state index is 0.0251. The lowest BCUT2D eigenvalue weighted by Gasteiger charge is -2.15. The third-order valence-electron chi connectivity index (χ3n) is 4.08. The van der Waals surface area contributed by atoms with Crippen LogP contribution in [0, 0.1) is 12.8 Å². The van der Waals surface area contributed by atoms with Crippen LogP contribution in [0.5, 0.6) is 11.5 Å². The van der Waals surface area contributed by atoms with Crippen molar-refractivity contribution in [1.82, 2.24) is 5.32 Å². The van der Waals surface area contributed by atoms with Gasteiger partial charge in [0.1, 0.15) is 11.5 Å². The SMILES string of the molecule is COc1ccc(C(=O)NCC(Cc2cccc(C)c2)C(=O)O)c(OC)c1. The van der Waals surface area contributed by atoms with Crippen molar-refractivity contribution in [1.29, 1.82) is 0 Å². The van der Waals surface area contributed by atoms with Crippen molar-refractivity contribution in [3.05, 3.63) is 59.2 Å². The summed E-state index contributed by atoms with van der Waals surface area (Å²) in [5.41, 5.74) is 2.32. The number of carbonyl (C=O) groups excluding carboxylic acids is 1. The van der Waals surface area contributed by atoms with Crippen molar-refractivity contribution in [2.45, 2.75) is 13.3 Å². The molecule has 26 heavy (non-hydrogen) atoms. The largest absolute Gasteiger partial charge is 0.497 e. The second-order valence-electron chi connectivity index (χ2n) is 6.00. The van der Waals surface area contributed by atoms with E-state index in [1.807, 2.05) is 31.2 Å². The van der Waals surface area contributed by atoms with Gasteiger partial charge in [-0.3, -0.25) is 9.59 Å². The Labute approximate surface area is 152 Å². The standard InChI is InChI=1S/C20H23NO5/c1-13-5-4-6-14(9-13)10-15(20(23)24)12-21-19(22)17-8-7-16(25-2)11-18(17)26-3/h4-9,11,15H,10,12H2,1-3H3,(H,21,22)(H,23,24). The number of benzene rings is 2. The van der Waals surface area contributed by atoms with Crippen LogP contribution < -0.4 is 14.8 Å². The van der Waals surface area contributed by atoms with Crippen molar-refractivity contribution in [3.63, 3.8) is 0 Å². The van der Waals surface area contributed by atoms with E-state index in [1.165, 1.54) is 14.2 Å². The minimum atomic E-state index is -0.950. The third kappa shape index (κ3) is 4.99. The number of amides is 1. The number of aliphatic carboxylic acids is 1. The zero-order valence-electron chi connectivity index (χ0n) is 15.1. The van der Waals surface area contributed by atoms with E-state index in [2.05, 4.69) is 5.32 Å². The predicted molar refractivity (Wildman–Crippen MR) is 97.9 cm³/mol. The fourth-order valence-corrected chi connectivity index (χ4v) is 2.67. The molecule has 0 radical (unpaired) electrons. The summed E-state index contributed by atoms with van der Waals surface area (Å²) in [5, 5.41) is 12.2. The molecule has 0 saturated carbocycles. The Morgan fingerprint density at radius 1 is 1.12 bits per heavy atom. The van der Waals surface area contributed by atoms with Crippen LogP contribution in [0.1, 0.15) is 21.5 Å². The Morgan fingerprint density at radius 3 is 2.50 bits per heavy atom. The third-order valence-corrected chi connectivity index (χ3v) is 4.08. The van der Waals surface area contributed by atoms with Gasteiger partial charge in [0.2, 0.25) is 0 Å². The molecule has 6 heteroatoms. The number of rotatable bonds is 8. The molecule has 0 fully saturated rings. The average Bonchev–Trinajstić information content (AvgIpc) is 2.64. The molecule has 0 saturated heterocycles. The molecular formula is C20H23NO5. The fourth-order valence-electron chi connectivity index (χ4n) is 2.67. The van der Waals surface area contributed by atoms with Crippen LogP contribution in [0.25, 0.3) is 0 Å².